The fourth-order valence-electron chi connectivity index (χ4n) is 2.22. The average molecular weight is 453 g/mol. The summed E-state index contributed by atoms with van der Waals surface area (Å²) in [6.07, 6.45) is 3.72. The van der Waals surface area contributed by atoms with E-state index in [9.17, 15) is 0 Å². The molecule has 3 rings (SSSR count). The Hall–Kier alpha value is -1.87. The Labute approximate surface area is 162 Å². The molecule has 0 radical (unpaired) electrons. The highest BCUT2D eigenvalue weighted by Crippen LogP contribution is 2.09. The maximum atomic E-state index is 4.26. The van der Waals surface area contributed by atoms with Crippen molar-refractivity contribution in [3.8, 4) is 5.69 Å². The highest BCUT2D eigenvalue weighted by molar-refractivity contribution is 14.0. The van der Waals surface area contributed by atoms with Gasteiger partial charge in [-0.25, -0.2) is 4.68 Å². The molecule has 2 aromatic heterocycles. The molecule has 126 valence electrons. The van der Waals surface area contributed by atoms with Crippen LogP contribution in [0.3, 0.4) is 0 Å². The van der Waals surface area contributed by atoms with Crippen molar-refractivity contribution in [1.82, 2.24) is 20.4 Å². The van der Waals surface area contributed by atoms with Gasteiger partial charge in [-0.3, -0.25) is 4.99 Å². The third-order valence-electron chi connectivity index (χ3n) is 3.40. The minimum absolute atomic E-state index is 0. The molecule has 0 aliphatic rings. The number of aliphatic imine (C=N–C) groups is 1. The number of halogens is 1. The van der Waals surface area contributed by atoms with E-state index < -0.39 is 0 Å². The summed E-state index contributed by atoms with van der Waals surface area (Å²) in [4.78, 5) is 4.26. The van der Waals surface area contributed by atoms with Crippen LogP contribution in [0.1, 0.15) is 11.1 Å². The first-order valence-corrected chi connectivity index (χ1v) is 8.34. The molecule has 0 bridgehead atoms. The van der Waals surface area contributed by atoms with E-state index in [-0.39, 0.29) is 24.0 Å². The molecule has 0 fully saturated rings. The largest absolute Gasteiger partial charge is 0.352 e. The molecule has 2 heterocycles. The lowest BCUT2D eigenvalue weighted by molar-refractivity contribution is 0.807. The normalized spacial score (nSPS) is 11.0. The number of aromatic nitrogens is 2. The zero-order valence-corrected chi connectivity index (χ0v) is 16.5. The first-order chi connectivity index (χ1) is 11.3. The fraction of sp³-hybridized carbons (Fsp3) is 0.176. The van der Waals surface area contributed by atoms with Gasteiger partial charge < -0.3 is 10.6 Å². The van der Waals surface area contributed by atoms with Crippen molar-refractivity contribution in [2.75, 3.05) is 7.05 Å². The van der Waals surface area contributed by atoms with E-state index in [1.54, 1.807) is 24.6 Å². The number of thiophene rings is 1. The standard InChI is InChI=1S/C17H19N5S.HI/c1-18-17(20-12-15-6-9-23-13-15)19-11-14-4-2-5-16(10-14)22-8-3-7-21-22;/h2-10,13H,11-12H2,1H3,(H2,18,19,20);1H. The van der Waals surface area contributed by atoms with Gasteiger partial charge in [0.15, 0.2) is 5.96 Å². The third-order valence-corrected chi connectivity index (χ3v) is 4.14. The smallest absolute Gasteiger partial charge is 0.191 e. The molecular formula is C17H20IN5S. The minimum Gasteiger partial charge on any atom is -0.352 e. The van der Waals surface area contributed by atoms with Crippen LogP contribution in [0.2, 0.25) is 0 Å². The predicted octanol–water partition coefficient (Wildman–Crippen LogP) is 3.42. The second-order valence-corrected chi connectivity index (χ2v) is 5.81. The van der Waals surface area contributed by atoms with E-state index >= 15 is 0 Å². The topological polar surface area (TPSA) is 54.2 Å². The lowest BCUT2D eigenvalue weighted by Crippen LogP contribution is -2.36. The van der Waals surface area contributed by atoms with Gasteiger partial charge in [-0.15, -0.1) is 24.0 Å². The number of nitrogens with one attached hydrogen (secondary N) is 2. The van der Waals surface area contributed by atoms with Gasteiger partial charge in [0.1, 0.15) is 0 Å². The zero-order valence-electron chi connectivity index (χ0n) is 13.3. The van der Waals surface area contributed by atoms with Gasteiger partial charge in [0.25, 0.3) is 0 Å². The number of rotatable bonds is 5. The second kappa shape index (κ2) is 9.43. The molecule has 0 saturated carbocycles. The van der Waals surface area contributed by atoms with Gasteiger partial charge in [0.05, 0.1) is 5.69 Å². The summed E-state index contributed by atoms with van der Waals surface area (Å²) in [5, 5.41) is 15.1. The van der Waals surface area contributed by atoms with E-state index in [1.165, 1.54) is 11.1 Å². The number of nitrogens with zero attached hydrogens (tertiary/aromatic N) is 3. The Bertz CT molecular complexity index is 753. The fourth-order valence-corrected chi connectivity index (χ4v) is 2.88. The van der Waals surface area contributed by atoms with Crippen LogP contribution in [0.25, 0.3) is 5.69 Å². The van der Waals surface area contributed by atoms with Gasteiger partial charge in [0, 0.05) is 32.5 Å². The van der Waals surface area contributed by atoms with Gasteiger partial charge in [0.2, 0.25) is 0 Å². The molecule has 1 aromatic carbocycles. The summed E-state index contributed by atoms with van der Waals surface area (Å²) in [7, 11) is 1.78. The zero-order chi connectivity index (χ0) is 15.9. The summed E-state index contributed by atoms with van der Waals surface area (Å²) in [5.41, 5.74) is 3.49. The molecule has 7 heteroatoms. The Morgan fingerprint density at radius 2 is 2.00 bits per heavy atom. The maximum absolute atomic E-state index is 4.26. The van der Waals surface area contributed by atoms with Crippen molar-refractivity contribution >= 4 is 41.3 Å². The molecule has 0 unspecified atom stereocenters. The van der Waals surface area contributed by atoms with E-state index in [2.05, 4.69) is 49.7 Å². The van der Waals surface area contributed by atoms with Crippen LogP contribution in [0.5, 0.6) is 0 Å². The number of hydrogen-bond donors (Lipinski definition) is 2. The third kappa shape index (κ3) is 5.07. The second-order valence-electron chi connectivity index (χ2n) is 5.03. The molecule has 24 heavy (non-hydrogen) atoms. The molecule has 0 saturated heterocycles. The Morgan fingerprint density at radius 1 is 1.17 bits per heavy atom. The quantitative estimate of drug-likeness (QED) is 0.354. The highest BCUT2D eigenvalue weighted by atomic mass is 127. The SMILES string of the molecule is CN=C(NCc1ccsc1)NCc1cccc(-n2cccn2)c1.I. The maximum Gasteiger partial charge on any atom is 0.191 e. The molecule has 5 nitrogen and oxygen atoms in total. The first-order valence-electron chi connectivity index (χ1n) is 7.40. The van der Waals surface area contributed by atoms with Gasteiger partial charge in [-0.2, -0.15) is 16.4 Å². The minimum atomic E-state index is 0. The van der Waals surface area contributed by atoms with Gasteiger partial charge >= 0.3 is 0 Å². The van der Waals surface area contributed by atoms with Crippen LogP contribution in [0, 0.1) is 0 Å². The first kappa shape index (κ1) is 18.5. The van der Waals surface area contributed by atoms with Crippen LogP contribution in [0.4, 0.5) is 0 Å². The van der Waals surface area contributed by atoms with Crippen molar-refractivity contribution in [2.24, 2.45) is 4.99 Å². The van der Waals surface area contributed by atoms with Crippen molar-refractivity contribution in [3.05, 3.63) is 70.7 Å². The van der Waals surface area contributed by atoms with Crippen LogP contribution in [-0.2, 0) is 13.1 Å². The monoisotopic (exact) mass is 453 g/mol. The van der Waals surface area contributed by atoms with Crippen LogP contribution in [-0.4, -0.2) is 22.8 Å². The molecule has 0 atom stereocenters. The molecule has 0 spiro atoms. The average Bonchev–Trinajstić information content (AvgIpc) is 3.29. The van der Waals surface area contributed by atoms with Crippen molar-refractivity contribution in [3.63, 3.8) is 0 Å². The van der Waals surface area contributed by atoms with E-state index in [0.29, 0.717) is 6.54 Å². The molecule has 3 aromatic rings. The summed E-state index contributed by atoms with van der Waals surface area (Å²) < 4.78 is 1.85. The van der Waals surface area contributed by atoms with Gasteiger partial charge in [-0.1, -0.05) is 12.1 Å². The molecule has 0 amide bonds. The van der Waals surface area contributed by atoms with Crippen LogP contribution < -0.4 is 10.6 Å². The van der Waals surface area contributed by atoms with Crippen LogP contribution in [0.15, 0.2) is 64.5 Å². The summed E-state index contributed by atoms with van der Waals surface area (Å²) in [6, 6.07) is 12.3. The Morgan fingerprint density at radius 3 is 2.67 bits per heavy atom. The van der Waals surface area contributed by atoms with Crippen LogP contribution >= 0.6 is 35.3 Å². The molecule has 0 aliphatic heterocycles. The van der Waals surface area contributed by atoms with E-state index in [1.807, 2.05) is 29.1 Å². The Balaban J connectivity index is 0.00000208. The van der Waals surface area contributed by atoms with Crippen molar-refractivity contribution in [2.45, 2.75) is 13.1 Å². The number of hydrogen-bond acceptors (Lipinski definition) is 3. The van der Waals surface area contributed by atoms with E-state index in [0.717, 1.165) is 18.2 Å². The van der Waals surface area contributed by atoms with Crippen molar-refractivity contribution in [1.29, 1.82) is 0 Å². The van der Waals surface area contributed by atoms with E-state index in [4.69, 9.17) is 0 Å². The lowest BCUT2D eigenvalue weighted by atomic mass is 10.2. The molecular weight excluding hydrogens is 433 g/mol. The lowest BCUT2D eigenvalue weighted by Gasteiger charge is -2.12. The Kier molecular flexibility index (Phi) is 7.26. The number of guanidine groups is 1. The predicted molar refractivity (Wildman–Crippen MR) is 110 cm³/mol. The molecule has 2 N–H and O–H groups in total. The summed E-state index contributed by atoms with van der Waals surface area (Å²) in [5.74, 6) is 0.792. The summed E-state index contributed by atoms with van der Waals surface area (Å²) in [6.45, 7) is 1.48. The highest BCUT2D eigenvalue weighted by Gasteiger charge is 2.01. The summed E-state index contributed by atoms with van der Waals surface area (Å²) >= 11 is 1.70. The molecule has 0 aliphatic carbocycles. The number of benzene rings is 1. The van der Waals surface area contributed by atoms with Crippen molar-refractivity contribution < 1.29 is 0 Å². The van der Waals surface area contributed by atoms with Gasteiger partial charge in [-0.05, 0) is 46.2 Å².